The Kier molecular flexibility index (Phi) is 3.92. The zero-order valence-corrected chi connectivity index (χ0v) is 11.9. The average molecular weight is 274 g/mol. The molecular weight excluding hydrogens is 252 g/mol. The predicted molar refractivity (Wildman–Crippen MR) is 79.9 cm³/mol. The lowest BCUT2D eigenvalue weighted by molar-refractivity contribution is 0.186. The highest BCUT2D eigenvalue weighted by Gasteiger charge is 2.35. The van der Waals surface area contributed by atoms with Gasteiger partial charge in [0.1, 0.15) is 0 Å². The van der Waals surface area contributed by atoms with Crippen LogP contribution in [0.4, 0.5) is 5.69 Å². The SMILES string of the molecule is COCCn1cc(NCC2CC3C=CC2C3)ccc1=O. The monoisotopic (exact) mass is 274 g/mol. The van der Waals surface area contributed by atoms with Crippen LogP contribution < -0.4 is 10.9 Å². The van der Waals surface area contributed by atoms with Gasteiger partial charge in [0.05, 0.1) is 12.3 Å². The van der Waals surface area contributed by atoms with Gasteiger partial charge in [-0.3, -0.25) is 4.79 Å². The van der Waals surface area contributed by atoms with E-state index in [4.69, 9.17) is 4.74 Å². The zero-order valence-electron chi connectivity index (χ0n) is 11.9. The van der Waals surface area contributed by atoms with E-state index in [0.29, 0.717) is 13.2 Å². The number of allylic oxidation sites excluding steroid dienone is 2. The molecule has 2 aliphatic carbocycles. The molecule has 4 nitrogen and oxygen atoms in total. The Balaban J connectivity index is 1.60. The van der Waals surface area contributed by atoms with Crippen LogP contribution in [0.15, 0.2) is 35.3 Å². The summed E-state index contributed by atoms with van der Waals surface area (Å²) in [5.41, 5.74) is 1.04. The predicted octanol–water partition coefficient (Wildman–Crippen LogP) is 2.12. The van der Waals surface area contributed by atoms with Crippen molar-refractivity contribution in [3.63, 3.8) is 0 Å². The summed E-state index contributed by atoms with van der Waals surface area (Å²) in [6.07, 6.45) is 9.27. The molecule has 0 spiro atoms. The number of methoxy groups -OCH3 is 1. The normalized spacial score (nSPS) is 27.1. The van der Waals surface area contributed by atoms with Gasteiger partial charge in [0.15, 0.2) is 0 Å². The fourth-order valence-corrected chi connectivity index (χ4v) is 3.38. The highest BCUT2D eigenvalue weighted by molar-refractivity contribution is 5.40. The van der Waals surface area contributed by atoms with E-state index in [0.717, 1.165) is 30.0 Å². The van der Waals surface area contributed by atoms with E-state index < -0.39 is 0 Å². The van der Waals surface area contributed by atoms with Crippen molar-refractivity contribution >= 4 is 5.69 Å². The quantitative estimate of drug-likeness (QED) is 0.808. The first kappa shape index (κ1) is 13.4. The maximum Gasteiger partial charge on any atom is 0.250 e. The van der Waals surface area contributed by atoms with Crippen molar-refractivity contribution in [1.82, 2.24) is 4.57 Å². The molecule has 1 aromatic heterocycles. The first-order chi connectivity index (χ1) is 9.76. The maximum absolute atomic E-state index is 11.7. The summed E-state index contributed by atoms with van der Waals surface area (Å²) < 4.78 is 6.73. The molecule has 1 heterocycles. The van der Waals surface area contributed by atoms with Crippen molar-refractivity contribution in [2.45, 2.75) is 19.4 Å². The minimum atomic E-state index is 0.0236. The number of rotatable bonds is 6. The van der Waals surface area contributed by atoms with Crippen LogP contribution in [0.3, 0.4) is 0 Å². The number of anilines is 1. The van der Waals surface area contributed by atoms with Gasteiger partial charge in [-0.15, -0.1) is 0 Å². The number of ether oxygens (including phenoxy) is 1. The van der Waals surface area contributed by atoms with Crippen molar-refractivity contribution in [1.29, 1.82) is 0 Å². The van der Waals surface area contributed by atoms with Crippen molar-refractivity contribution in [3.8, 4) is 0 Å². The molecule has 2 bridgehead atoms. The van der Waals surface area contributed by atoms with Gasteiger partial charge in [-0.1, -0.05) is 12.2 Å². The second-order valence-electron chi connectivity index (χ2n) is 5.86. The van der Waals surface area contributed by atoms with E-state index in [-0.39, 0.29) is 5.56 Å². The number of pyridine rings is 1. The Hall–Kier alpha value is -1.55. The van der Waals surface area contributed by atoms with Gasteiger partial charge >= 0.3 is 0 Å². The maximum atomic E-state index is 11.7. The highest BCUT2D eigenvalue weighted by Crippen LogP contribution is 2.43. The van der Waals surface area contributed by atoms with Crippen LogP contribution in [0.25, 0.3) is 0 Å². The van der Waals surface area contributed by atoms with Crippen molar-refractivity contribution < 1.29 is 4.74 Å². The Morgan fingerprint density at radius 3 is 2.95 bits per heavy atom. The number of hydrogen-bond acceptors (Lipinski definition) is 3. The minimum absolute atomic E-state index is 0.0236. The van der Waals surface area contributed by atoms with Gasteiger partial charge in [0.2, 0.25) is 0 Å². The minimum Gasteiger partial charge on any atom is -0.384 e. The fraction of sp³-hybridized carbons (Fsp3) is 0.562. The fourth-order valence-electron chi connectivity index (χ4n) is 3.38. The molecule has 2 aliphatic rings. The van der Waals surface area contributed by atoms with Gasteiger partial charge in [-0.05, 0) is 36.7 Å². The molecule has 0 amide bonds. The lowest BCUT2D eigenvalue weighted by atomic mass is 9.93. The third-order valence-corrected chi connectivity index (χ3v) is 4.50. The average Bonchev–Trinajstić information content (AvgIpc) is 3.07. The van der Waals surface area contributed by atoms with Gasteiger partial charge < -0.3 is 14.6 Å². The van der Waals surface area contributed by atoms with Gasteiger partial charge in [-0.25, -0.2) is 0 Å². The molecule has 108 valence electrons. The Labute approximate surface area is 119 Å². The van der Waals surface area contributed by atoms with Gasteiger partial charge in [0.25, 0.3) is 5.56 Å². The Morgan fingerprint density at radius 2 is 2.25 bits per heavy atom. The van der Waals surface area contributed by atoms with Crippen LogP contribution in [0.5, 0.6) is 0 Å². The smallest absolute Gasteiger partial charge is 0.250 e. The summed E-state index contributed by atoms with van der Waals surface area (Å²) in [5, 5.41) is 3.48. The van der Waals surface area contributed by atoms with Crippen LogP contribution in [0.2, 0.25) is 0 Å². The van der Waals surface area contributed by atoms with E-state index in [9.17, 15) is 4.79 Å². The molecule has 3 rings (SSSR count). The van der Waals surface area contributed by atoms with Crippen molar-refractivity contribution in [2.24, 2.45) is 17.8 Å². The summed E-state index contributed by atoms with van der Waals surface area (Å²) >= 11 is 0. The lowest BCUT2D eigenvalue weighted by Gasteiger charge is -2.19. The van der Waals surface area contributed by atoms with Crippen LogP contribution in [0, 0.1) is 17.8 Å². The largest absolute Gasteiger partial charge is 0.384 e. The first-order valence-corrected chi connectivity index (χ1v) is 7.38. The van der Waals surface area contributed by atoms with Crippen LogP contribution in [0.1, 0.15) is 12.8 Å². The first-order valence-electron chi connectivity index (χ1n) is 7.38. The Morgan fingerprint density at radius 1 is 1.35 bits per heavy atom. The number of nitrogens with one attached hydrogen (secondary N) is 1. The molecule has 3 unspecified atom stereocenters. The van der Waals surface area contributed by atoms with Crippen molar-refractivity contribution in [2.75, 3.05) is 25.6 Å². The third kappa shape index (κ3) is 2.80. The number of fused-ring (bicyclic) bond motifs is 2. The third-order valence-electron chi connectivity index (χ3n) is 4.50. The lowest BCUT2D eigenvalue weighted by Crippen LogP contribution is -2.23. The van der Waals surface area contributed by atoms with Crippen LogP contribution >= 0.6 is 0 Å². The molecule has 1 N–H and O–H groups in total. The molecular formula is C16H22N2O2. The molecule has 20 heavy (non-hydrogen) atoms. The summed E-state index contributed by atoms with van der Waals surface area (Å²) in [6, 6.07) is 3.49. The molecule has 0 radical (unpaired) electrons. The van der Waals surface area contributed by atoms with E-state index in [1.165, 1.54) is 12.8 Å². The molecule has 3 atom stereocenters. The summed E-state index contributed by atoms with van der Waals surface area (Å²) in [4.78, 5) is 11.7. The number of nitrogens with zero attached hydrogens (tertiary/aromatic N) is 1. The zero-order chi connectivity index (χ0) is 13.9. The van der Waals surface area contributed by atoms with E-state index >= 15 is 0 Å². The molecule has 1 saturated carbocycles. The number of aromatic nitrogens is 1. The van der Waals surface area contributed by atoms with E-state index in [1.54, 1.807) is 17.7 Å². The molecule has 0 aliphatic heterocycles. The summed E-state index contributed by atoms with van der Waals surface area (Å²) in [6.45, 7) is 2.15. The summed E-state index contributed by atoms with van der Waals surface area (Å²) in [7, 11) is 1.65. The molecule has 0 aromatic carbocycles. The highest BCUT2D eigenvalue weighted by atomic mass is 16.5. The van der Waals surface area contributed by atoms with Gasteiger partial charge in [0, 0.05) is 32.5 Å². The molecule has 0 saturated heterocycles. The standard InChI is InChI=1S/C16H22N2O2/c1-20-7-6-18-11-15(4-5-16(18)19)17-10-14-9-12-2-3-13(14)8-12/h2-5,11-14,17H,6-10H2,1H3. The second-order valence-corrected chi connectivity index (χ2v) is 5.86. The molecule has 1 aromatic rings. The van der Waals surface area contributed by atoms with Crippen LogP contribution in [-0.4, -0.2) is 24.8 Å². The molecule has 4 heteroatoms. The molecule has 1 fully saturated rings. The van der Waals surface area contributed by atoms with E-state index in [1.807, 2.05) is 12.3 Å². The van der Waals surface area contributed by atoms with Gasteiger partial charge in [-0.2, -0.15) is 0 Å². The van der Waals surface area contributed by atoms with Crippen LogP contribution in [-0.2, 0) is 11.3 Å². The topological polar surface area (TPSA) is 43.3 Å². The Bertz CT molecular complexity index is 550. The second kappa shape index (κ2) is 5.83. The number of hydrogen-bond donors (Lipinski definition) is 1. The van der Waals surface area contributed by atoms with Crippen molar-refractivity contribution in [3.05, 3.63) is 40.8 Å². The summed E-state index contributed by atoms with van der Waals surface area (Å²) in [5.74, 6) is 2.30. The van der Waals surface area contributed by atoms with E-state index in [2.05, 4.69) is 17.5 Å².